The summed E-state index contributed by atoms with van der Waals surface area (Å²) in [5, 5.41) is 0. The lowest BCUT2D eigenvalue weighted by atomic mass is 10.1. The van der Waals surface area contributed by atoms with Gasteiger partial charge in [-0.1, -0.05) is 43.7 Å². The summed E-state index contributed by atoms with van der Waals surface area (Å²) in [5.41, 5.74) is 2.67. The van der Waals surface area contributed by atoms with E-state index in [1.54, 1.807) is 0 Å². The van der Waals surface area contributed by atoms with Crippen molar-refractivity contribution < 1.29 is 4.79 Å². The number of carbonyl (C=O) groups is 1. The first-order chi connectivity index (χ1) is 8.00. The van der Waals surface area contributed by atoms with Crippen molar-refractivity contribution in [2.75, 3.05) is 7.05 Å². The fraction of sp³-hybridized carbons (Fsp3) is 0.533. The minimum Gasteiger partial charge on any atom is -0.342 e. The van der Waals surface area contributed by atoms with Gasteiger partial charge in [0, 0.05) is 24.9 Å². The molecule has 0 saturated heterocycles. The first kappa shape index (κ1) is 12.2. The number of rotatable bonds is 3. The van der Waals surface area contributed by atoms with Crippen molar-refractivity contribution in [2.45, 2.75) is 39.2 Å². The van der Waals surface area contributed by atoms with Crippen molar-refractivity contribution in [3.63, 3.8) is 0 Å². The molecule has 1 aliphatic rings. The van der Waals surface area contributed by atoms with Crippen LogP contribution in [0.15, 0.2) is 24.3 Å². The maximum atomic E-state index is 11.9. The Morgan fingerprint density at radius 3 is 2.71 bits per heavy atom. The maximum absolute atomic E-state index is 11.9. The van der Waals surface area contributed by atoms with Gasteiger partial charge in [-0.05, 0) is 18.9 Å². The molecule has 17 heavy (non-hydrogen) atoms. The van der Waals surface area contributed by atoms with Crippen molar-refractivity contribution in [3.8, 4) is 0 Å². The number of amides is 1. The van der Waals surface area contributed by atoms with Crippen molar-refractivity contribution in [1.29, 1.82) is 0 Å². The molecule has 2 atom stereocenters. The van der Waals surface area contributed by atoms with Gasteiger partial charge in [0.2, 0.25) is 5.91 Å². The second-order valence-corrected chi connectivity index (χ2v) is 5.43. The van der Waals surface area contributed by atoms with Gasteiger partial charge in [-0.15, -0.1) is 0 Å². The molecule has 1 aliphatic carbocycles. The van der Waals surface area contributed by atoms with E-state index in [0.29, 0.717) is 12.0 Å². The molecule has 2 heteroatoms. The van der Waals surface area contributed by atoms with E-state index in [2.05, 4.69) is 31.2 Å². The number of hydrogen-bond acceptors (Lipinski definition) is 1. The van der Waals surface area contributed by atoms with Gasteiger partial charge < -0.3 is 4.90 Å². The average Bonchev–Trinajstić information content (AvgIpc) is 3.07. The van der Waals surface area contributed by atoms with Crippen LogP contribution in [-0.2, 0) is 4.79 Å². The molecule has 2 nitrogen and oxygen atoms in total. The summed E-state index contributed by atoms with van der Waals surface area (Å²) in [6.45, 7) is 6.04. The van der Waals surface area contributed by atoms with Crippen LogP contribution in [0.25, 0.3) is 0 Å². The quantitative estimate of drug-likeness (QED) is 0.783. The average molecular weight is 231 g/mol. The molecule has 1 aromatic carbocycles. The zero-order chi connectivity index (χ0) is 12.6. The Morgan fingerprint density at radius 2 is 2.12 bits per heavy atom. The molecule has 0 bridgehead atoms. The first-order valence-corrected chi connectivity index (χ1v) is 6.34. The summed E-state index contributed by atoms with van der Waals surface area (Å²) >= 11 is 0. The van der Waals surface area contributed by atoms with E-state index >= 15 is 0 Å². The molecule has 0 heterocycles. The molecule has 0 spiro atoms. The second-order valence-electron chi connectivity index (χ2n) is 5.43. The summed E-state index contributed by atoms with van der Waals surface area (Å²) in [4.78, 5) is 13.8. The third-order valence-corrected chi connectivity index (χ3v) is 3.57. The molecule has 0 N–H and O–H groups in total. The highest BCUT2D eigenvalue weighted by Crippen LogP contribution is 2.44. The van der Waals surface area contributed by atoms with Crippen LogP contribution in [0.5, 0.6) is 0 Å². The van der Waals surface area contributed by atoms with Crippen LogP contribution < -0.4 is 0 Å². The van der Waals surface area contributed by atoms with E-state index < -0.39 is 0 Å². The van der Waals surface area contributed by atoms with Crippen molar-refractivity contribution in [2.24, 2.45) is 5.92 Å². The van der Waals surface area contributed by atoms with E-state index in [0.717, 1.165) is 6.42 Å². The number of aryl methyl sites for hydroxylation is 1. The Bertz CT molecular complexity index is 425. The molecule has 1 amide bonds. The number of likely N-dealkylation sites (N-methyl/N-ethyl adjacent to an activating group) is 1. The van der Waals surface area contributed by atoms with Gasteiger partial charge >= 0.3 is 0 Å². The lowest BCUT2D eigenvalue weighted by Crippen LogP contribution is -2.33. The highest BCUT2D eigenvalue weighted by Gasteiger charge is 2.43. The molecule has 0 aliphatic heterocycles. The summed E-state index contributed by atoms with van der Waals surface area (Å²) < 4.78 is 0. The zero-order valence-corrected chi connectivity index (χ0v) is 11.1. The highest BCUT2D eigenvalue weighted by molar-refractivity contribution is 5.78. The largest absolute Gasteiger partial charge is 0.342 e. The Morgan fingerprint density at radius 1 is 1.41 bits per heavy atom. The summed E-state index contributed by atoms with van der Waals surface area (Å²) in [6, 6.07) is 9.03. The van der Waals surface area contributed by atoms with Gasteiger partial charge in [-0.3, -0.25) is 4.79 Å². The molecular formula is C15H21NO. The summed E-state index contributed by atoms with van der Waals surface area (Å²) in [7, 11) is 1.93. The van der Waals surface area contributed by atoms with Crippen LogP contribution in [0.3, 0.4) is 0 Å². The van der Waals surface area contributed by atoms with Gasteiger partial charge in [0.15, 0.2) is 0 Å². The Labute approximate surface area is 104 Å². The van der Waals surface area contributed by atoms with Crippen LogP contribution >= 0.6 is 0 Å². The molecule has 1 saturated carbocycles. The van der Waals surface area contributed by atoms with Crippen LogP contribution in [0.4, 0.5) is 0 Å². The smallest absolute Gasteiger partial charge is 0.225 e. The van der Waals surface area contributed by atoms with E-state index in [9.17, 15) is 4.79 Å². The Kier molecular flexibility index (Phi) is 3.23. The first-order valence-electron chi connectivity index (χ1n) is 6.34. The van der Waals surface area contributed by atoms with Crippen LogP contribution in [0, 0.1) is 12.8 Å². The summed E-state index contributed by atoms with van der Waals surface area (Å²) in [6.07, 6.45) is 1.11. The van der Waals surface area contributed by atoms with E-state index in [1.807, 2.05) is 25.8 Å². The van der Waals surface area contributed by atoms with E-state index in [-0.39, 0.29) is 11.8 Å². The van der Waals surface area contributed by atoms with Crippen molar-refractivity contribution in [1.82, 2.24) is 4.90 Å². The highest BCUT2D eigenvalue weighted by atomic mass is 16.2. The minimum atomic E-state index is 0.0961. The molecule has 0 radical (unpaired) electrons. The van der Waals surface area contributed by atoms with Gasteiger partial charge in [-0.25, -0.2) is 0 Å². The minimum absolute atomic E-state index is 0.0961. The topological polar surface area (TPSA) is 20.3 Å². The molecule has 1 aromatic rings. The van der Waals surface area contributed by atoms with Crippen LogP contribution in [0.1, 0.15) is 37.3 Å². The number of benzene rings is 1. The number of hydrogen-bond donors (Lipinski definition) is 0. The van der Waals surface area contributed by atoms with Crippen molar-refractivity contribution >= 4 is 5.91 Å². The molecule has 92 valence electrons. The fourth-order valence-corrected chi connectivity index (χ4v) is 2.44. The van der Waals surface area contributed by atoms with E-state index in [1.165, 1.54) is 11.1 Å². The zero-order valence-electron chi connectivity index (χ0n) is 11.1. The maximum Gasteiger partial charge on any atom is 0.225 e. The number of nitrogens with zero attached hydrogens (tertiary/aromatic N) is 1. The molecule has 2 rings (SSSR count). The monoisotopic (exact) mass is 231 g/mol. The predicted octanol–water partition coefficient (Wildman–Crippen LogP) is 2.97. The normalized spacial score (nSPS) is 22.6. The lowest BCUT2D eigenvalue weighted by Gasteiger charge is -2.19. The fourth-order valence-electron chi connectivity index (χ4n) is 2.44. The third kappa shape index (κ3) is 2.51. The van der Waals surface area contributed by atoms with Gasteiger partial charge in [0.1, 0.15) is 0 Å². The second kappa shape index (κ2) is 4.52. The third-order valence-electron chi connectivity index (χ3n) is 3.57. The lowest BCUT2D eigenvalue weighted by molar-refractivity contribution is -0.133. The van der Waals surface area contributed by atoms with Gasteiger partial charge in [0.05, 0.1) is 0 Å². The Hall–Kier alpha value is -1.31. The molecule has 0 aromatic heterocycles. The molecular weight excluding hydrogens is 210 g/mol. The van der Waals surface area contributed by atoms with Crippen LogP contribution in [0.2, 0.25) is 0 Å². The molecule has 1 fully saturated rings. The summed E-state index contributed by atoms with van der Waals surface area (Å²) in [5.74, 6) is 0.895. The van der Waals surface area contributed by atoms with Crippen molar-refractivity contribution in [3.05, 3.63) is 35.4 Å². The van der Waals surface area contributed by atoms with Crippen LogP contribution in [-0.4, -0.2) is 23.9 Å². The van der Waals surface area contributed by atoms with E-state index in [4.69, 9.17) is 0 Å². The standard InChI is InChI=1S/C15H21NO/c1-10(2)15(17)16(4)14-9-13(14)12-7-5-6-11(3)8-12/h5-8,10,13-14H,9H2,1-4H3. The van der Waals surface area contributed by atoms with Gasteiger partial charge in [0.25, 0.3) is 0 Å². The van der Waals surface area contributed by atoms with Gasteiger partial charge in [-0.2, -0.15) is 0 Å². The number of carbonyl (C=O) groups excluding carboxylic acids is 1. The predicted molar refractivity (Wildman–Crippen MR) is 69.9 cm³/mol. The Balaban J connectivity index is 2.03. The molecule has 2 unspecified atom stereocenters. The SMILES string of the molecule is Cc1cccc(C2CC2N(C)C(=O)C(C)C)c1.